The number of aliphatic hydroxyl groups is 1. The summed E-state index contributed by atoms with van der Waals surface area (Å²) in [4.78, 5) is 39.6. The number of esters is 1. The van der Waals surface area contributed by atoms with Crippen LogP contribution in [0.5, 0.6) is 5.75 Å². The lowest BCUT2D eigenvalue weighted by Gasteiger charge is -2.26. The number of ketones is 1. The van der Waals surface area contributed by atoms with Crippen LogP contribution in [0.3, 0.4) is 0 Å². The van der Waals surface area contributed by atoms with Gasteiger partial charge in [-0.3, -0.25) is 19.3 Å². The standard InChI is InChI=1S/C29H27NO5/c1-16-9-11-22(13-18(16)3)27(32)25-26(21-7-6-8-24(15-21)35-20(5)31)30(29(34)28(25)33)23-12-10-17(2)19(4)14-23/h6-15,26,32H,1-5H3/b27-25+. The molecule has 3 aromatic rings. The normalized spacial score (nSPS) is 17.1. The zero-order valence-electron chi connectivity index (χ0n) is 20.4. The number of hydrogen-bond donors (Lipinski definition) is 1. The van der Waals surface area contributed by atoms with Crippen LogP contribution in [-0.4, -0.2) is 22.8 Å². The van der Waals surface area contributed by atoms with Gasteiger partial charge in [-0.1, -0.05) is 30.3 Å². The van der Waals surface area contributed by atoms with Crippen molar-refractivity contribution >= 4 is 29.1 Å². The predicted molar refractivity (Wildman–Crippen MR) is 134 cm³/mol. The van der Waals surface area contributed by atoms with Crippen molar-refractivity contribution in [3.05, 3.63) is 99.6 Å². The Morgan fingerprint density at radius 1 is 0.857 bits per heavy atom. The number of aliphatic hydroxyl groups excluding tert-OH is 1. The minimum Gasteiger partial charge on any atom is -0.507 e. The van der Waals surface area contributed by atoms with Crippen LogP contribution in [0.25, 0.3) is 5.76 Å². The largest absolute Gasteiger partial charge is 0.507 e. The molecule has 1 amide bonds. The maximum Gasteiger partial charge on any atom is 0.308 e. The van der Waals surface area contributed by atoms with E-state index in [1.54, 1.807) is 42.5 Å². The van der Waals surface area contributed by atoms with Gasteiger partial charge in [0.15, 0.2) is 0 Å². The van der Waals surface area contributed by atoms with E-state index in [0.29, 0.717) is 16.8 Å². The molecule has 1 aliphatic rings. The smallest absolute Gasteiger partial charge is 0.308 e. The van der Waals surface area contributed by atoms with E-state index in [9.17, 15) is 19.5 Å². The van der Waals surface area contributed by atoms with Gasteiger partial charge in [-0.2, -0.15) is 0 Å². The summed E-state index contributed by atoms with van der Waals surface area (Å²) in [6.07, 6.45) is 0. The monoisotopic (exact) mass is 469 g/mol. The zero-order valence-corrected chi connectivity index (χ0v) is 20.4. The second-order valence-corrected chi connectivity index (χ2v) is 8.90. The van der Waals surface area contributed by atoms with Crippen LogP contribution in [0.1, 0.15) is 46.3 Å². The highest BCUT2D eigenvalue weighted by molar-refractivity contribution is 6.51. The summed E-state index contributed by atoms with van der Waals surface area (Å²) in [5.74, 6) is -1.96. The highest BCUT2D eigenvalue weighted by Crippen LogP contribution is 2.43. The maximum atomic E-state index is 13.4. The summed E-state index contributed by atoms with van der Waals surface area (Å²) >= 11 is 0. The van der Waals surface area contributed by atoms with E-state index in [4.69, 9.17) is 4.74 Å². The van der Waals surface area contributed by atoms with Gasteiger partial charge in [-0.15, -0.1) is 0 Å². The van der Waals surface area contributed by atoms with Gasteiger partial charge in [-0.05, 0) is 85.8 Å². The molecular weight excluding hydrogens is 442 g/mol. The van der Waals surface area contributed by atoms with Crippen molar-refractivity contribution in [1.82, 2.24) is 0 Å². The number of carbonyl (C=O) groups is 3. The van der Waals surface area contributed by atoms with Gasteiger partial charge in [-0.25, -0.2) is 0 Å². The second-order valence-electron chi connectivity index (χ2n) is 8.90. The summed E-state index contributed by atoms with van der Waals surface area (Å²) in [6, 6.07) is 16.7. The lowest BCUT2D eigenvalue weighted by atomic mass is 9.94. The van der Waals surface area contributed by atoms with Crippen LogP contribution in [0.4, 0.5) is 5.69 Å². The van der Waals surface area contributed by atoms with E-state index < -0.39 is 23.7 Å². The third-order valence-corrected chi connectivity index (χ3v) is 6.43. The molecule has 6 nitrogen and oxygen atoms in total. The average molecular weight is 470 g/mol. The zero-order chi connectivity index (χ0) is 25.4. The molecule has 35 heavy (non-hydrogen) atoms. The van der Waals surface area contributed by atoms with E-state index in [1.807, 2.05) is 45.9 Å². The van der Waals surface area contributed by atoms with Gasteiger partial charge in [0.25, 0.3) is 11.7 Å². The Hall–Kier alpha value is -4.19. The molecule has 0 aromatic heterocycles. The van der Waals surface area contributed by atoms with Crippen LogP contribution in [0.15, 0.2) is 66.2 Å². The lowest BCUT2D eigenvalue weighted by molar-refractivity contribution is -0.132. The maximum absolute atomic E-state index is 13.4. The van der Waals surface area contributed by atoms with Crippen molar-refractivity contribution < 1.29 is 24.2 Å². The number of nitrogens with zero attached hydrogens (tertiary/aromatic N) is 1. The number of benzene rings is 3. The molecule has 0 spiro atoms. The van der Waals surface area contributed by atoms with E-state index >= 15 is 0 Å². The molecule has 0 aliphatic carbocycles. The van der Waals surface area contributed by atoms with Crippen molar-refractivity contribution in [2.45, 2.75) is 40.7 Å². The molecule has 1 atom stereocenters. The number of aryl methyl sites for hydroxylation is 4. The molecule has 3 aromatic carbocycles. The molecule has 1 fully saturated rings. The summed E-state index contributed by atoms with van der Waals surface area (Å²) in [7, 11) is 0. The first-order chi connectivity index (χ1) is 16.6. The Morgan fingerprint density at radius 3 is 2.14 bits per heavy atom. The number of hydrogen-bond acceptors (Lipinski definition) is 5. The second kappa shape index (κ2) is 9.22. The topological polar surface area (TPSA) is 83.9 Å². The number of rotatable bonds is 4. The molecule has 0 bridgehead atoms. The van der Waals surface area contributed by atoms with Crippen molar-refractivity contribution in [1.29, 1.82) is 0 Å². The first kappa shape index (κ1) is 24.0. The molecule has 178 valence electrons. The average Bonchev–Trinajstić information content (AvgIpc) is 3.07. The van der Waals surface area contributed by atoms with Crippen molar-refractivity contribution in [3.63, 3.8) is 0 Å². The molecule has 4 rings (SSSR count). The number of ether oxygens (including phenoxy) is 1. The van der Waals surface area contributed by atoms with Crippen molar-refractivity contribution in [2.75, 3.05) is 4.90 Å². The van der Waals surface area contributed by atoms with Crippen molar-refractivity contribution in [3.8, 4) is 5.75 Å². The number of amides is 1. The van der Waals surface area contributed by atoms with Gasteiger partial charge in [0, 0.05) is 18.2 Å². The first-order valence-electron chi connectivity index (χ1n) is 11.3. The van der Waals surface area contributed by atoms with E-state index in [-0.39, 0.29) is 17.1 Å². The third kappa shape index (κ3) is 4.47. The van der Waals surface area contributed by atoms with E-state index in [1.165, 1.54) is 11.8 Å². The number of Topliss-reactive ketones (excluding diaryl/α,β-unsaturated/α-hetero) is 1. The Kier molecular flexibility index (Phi) is 6.31. The fourth-order valence-electron chi connectivity index (χ4n) is 4.25. The summed E-state index contributed by atoms with van der Waals surface area (Å²) in [5.41, 5.74) is 5.51. The molecule has 0 saturated carbocycles. The molecule has 1 heterocycles. The minimum atomic E-state index is -0.908. The Morgan fingerprint density at radius 2 is 1.51 bits per heavy atom. The van der Waals surface area contributed by atoms with Crippen LogP contribution < -0.4 is 9.64 Å². The van der Waals surface area contributed by atoms with Crippen LogP contribution in [0, 0.1) is 27.7 Å². The van der Waals surface area contributed by atoms with E-state index in [0.717, 1.165) is 22.3 Å². The van der Waals surface area contributed by atoms with Gasteiger partial charge in [0.05, 0.1) is 11.6 Å². The third-order valence-electron chi connectivity index (χ3n) is 6.43. The summed E-state index contributed by atoms with van der Waals surface area (Å²) < 4.78 is 5.25. The molecule has 0 radical (unpaired) electrons. The number of carbonyl (C=O) groups excluding carboxylic acids is 3. The van der Waals surface area contributed by atoms with Gasteiger partial charge in [0.2, 0.25) is 0 Å². The minimum absolute atomic E-state index is 0.0172. The van der Waals surface area contributed by atoms with Gasteiger partial charge < -0.3 is 9.84 Å². The van der Waals surface area contributed by atoms with Crippen LogP contribution >= 0.6 is 0 Å². The SMILES string of the molecule is CC(=O)Oc1cccc(C2/C(=C(\O)c3ccc(C)c(C)c3)C(=O)C(=O)N2c2ccc(C)c(C)c2)c1. The molecule has 1 saturated heterocycles. The Labute approximate surface area is 204 Å². The van der Waals surface area contributed by atoms with Gasteiger partial charge in [0.1, 0.15) is 11.5 Å². The number of anilines is 1. The molecule has 1 unspecified atom stereocenters. The van der Waals surface area contributed by atoms with Crippen LogP contribution in [0.2, 0.25) is 0 Å². The molecule has 6 heteroatoms. The fraction of sp³-hybridized carbons (Fsp3) is 0.207. The quantitative estimate of drug-likeness (QED) is 0.180. The summed E-state index contributed by atoms with van der Waals surface area (Å²) in [6.45, 7) is 9.07. The lowest BCUT2D eigenvalue weighted by Crippen LogP contribution is -2.29. The van der Waals surface area contributed by atoms with Crippen LogP contribution in [-0.2, 0) is 14.4 Å². The first-order valence-corrected chi connectivity index (χ1v) is 11.3. The van der Waals surface area contributed by atoms with Gasteiger partial charge >= 0.3 is 5.97 Å². The summed E-state index contributed by atoms with van der Waals surface area (Å²) in [5, 5.41) is 11.3. The molecule has 1 N–H and O–H groups in total. The fourth-order valence-corrected chi connectivity index (χ4v) is 4.25. The highest BCUT2D eigenvalue weighted by Gasteiger charge is 2.47. The molecule has 1 aliphatic heterocycles. The Balaban J connectivity index is 1.96. The predicted octanol–water partition coefficient (Wildman–Crippen LogP) is 5.47. The Bertz CT molecular complexity index is 1400. The van der Waals surface area contributed by atoms with E-state index in [2.05, 4.69) is 0 Å². The molecular formula is C29H27NO5. The highest BCUT2D eigenvalue weighted by atomic mass is 16.5. The van der Waals surface area contributed by atoms with Crippen molar-refractivity contribution in [2.24, 2.45) is 0 Å².